The molecule has 132 valence electrons. The summed E-state index contributed by atoms with van der Waals surface area (Å²) in [5.41, 5.74) is 4.20. The summed E-state index contributed by atoms with van der Waals surface area (Å²) in [6, 6.07) is 19.6. The zero-order chi connectivity index (χ0) is 18.8. The third-order valence-corrected chi connectivity index (χ3v) is 4.83. The smallest absolute Gasteiger partial charge is 0.332 e. The molecule has 0 bridgehead atoms. The maximum absolute atomic E-state index is 12.1. The van der Waals surface area contributed by atoms with Crippen LogP contribution in [0.4, 0.5) is 0 Å². The standard InChI is InChI=1S/C22H17N3O2/c1-15-8-9-16-5-2-3-7-18(16)19(15)14-25-20(17-6-4-12-23-13-17)10-11-21(25)22(26)24-27/h2-13H,14H2,1H3. The highest BCUT2D eigenvalue weighted by Gasteiger charge is 2.18. The van der Waals surface area contributed by atoms with Crippen LogP contribution in [0, 0.1) is 11.8 Å². The summed E-state index contributed by atoms with van der Waals surface area (Å²) >= 11 is 0. The zero-order valence-electron chi connectivity index (χ0n) is 14.8. The van der Waals surface area contributed by atoms with Crippen LogP contribution in [-0.2, 0) is 6.54 Å². The van der Waals surface area contributed by atoms with Crippen LogP contribution in [-0.4, -0.2) is 15.5 Å². The molecular formula is C22H17N3O2. The second-order valence-corrected chi connectivity index (χ2v) is 6.41. The Morgan fingerprint density at radius 3 is 2.67 bits per heavy atom. The number of aryl methyl sites for hydroxylation is 1. The van der Waals surface area contributed by atoms with Gasteiger partial charge in [0.2, 0.25) is 0 Å². The predicted octanol–water partition coefficient (Wildman–Crippen LogP) is 4.97. The summed E-state index contributed by atoms with van der Waals surface area (Å²) in [5.74, 6) is -0.775. The molecule has 0 aliphatic heterocycles. The number of nitrogens with zero attached hydrogens (tertiary/aromatic N) is 3. The molecule has 0 saturated heterocycles. The monoisotopic (exact) mass is 355 g/mol. The lowest BCUT2D eigenvalue weighted by atomic mass is 9.99. The molecule has 4 aromatic rings. The highest BCUT2D eigenvalue weighted by atomic mass is 16.3. The van der Waals surface area contributed by atoms with Gasteiger partial charge in [0.25, 0.3) is 0 Å². The normalized spacial score (nSPS) is 10.9. The molecule has 4 rings (SSSR count). The van der Waals surface area contributed by atoms with Crippen molar-refractivity contribution in [2.75, 3.05) is 0 Å². The average molecular weight is 355 g/mol. The first-order valence-electron chi connectivity index (χ1n) is 8.64. The number of amides is 1. The highest BCUT2D eigenvalue weighted by molar-refractivity contribution is 5.94. The van der Waals surface area contributed by atoms with Crippen LogP contribution in [0.5, 0.6) is 0 Å². The summed E-state index contributed by atoms with van der Waals surface area (Å²) in [7, 11) is 0. The summed E-state index contributed by atoms with van der Waals surface area (Å²) in [6.45, 7) is 2.51. The first kappa shape index (κ1) is 16.8. The van der Waals surface area contributed by atoms with Gasteiger partial charge in [-0.25, -0.2) is 0 Å². The van der Waals surface area contributed by atoms with E-state index in [0.717, 1.165) is 33.2 Å². The molecule has 0 aliphatic carbocycles. The van der Waals surface area contributed by atoms with Crippen molar-refractivity contribution in [3.05, 3.63) is 94.8 Å². The minimum absolute atomic E-state index is 0.274. The van der Waals surface area contributed by atoms with Gasteiger partial charge >= 0.3 is 5.91 Å². The average Bonchev–Trinajstić information content (AvgIpc) is 3.14. The molecule has 27 heavy (non-hydrogen) atoms. The SMILES string of the molecule is Cc1ccc2ccccc2c1Cn1c(C(=O)N=O)ccc1-c1cccnc1. The van der Waals surface area contributed by atoms with Crippen molar-refractivity contribution in [3.8, 4) is 11.3 Å². The number of carbonyl (C=O) groups excluding carboxylic acids is 1. The summed E-state index contributed by atoms with van der Waals surface area (Å²) in [6.07, 6.45) is 3.44. The Balaban J connectivity index is 1.92. The molecule has 0 unspecified atom stereocenters. The van der Waals surface area contributed by atoms with Crippen LogP contribution >= 0.6 is 0 Å². The van der Waals surface area contributed by atoms with Gasteiger partial charge in [-0.05, 0) is 53.1 Å². The number of hydrogen-bond donors (Lipinski definition) is 0. The lowest BCUT2D eigenvalue weighted by molar-refractivity contribution is 0.0992. The fourth-order valence-electron chi connectivity index (χ4n) is 3.45. The number of aromatic nitrogens is 2. The van der Waals surface area contributed by atoms with Gasteiger partial charge in [-0.3, -0.25) is 9.78 Å². The second-order valence-electron chi connectivity index (χ2n) is 6.41. The largest absolute Gasteiger partial charge is 0.333 e. The number of fused-ring (bicyclic) bond motifs is 1. The predicted molar refractivity (Wildman–Crippen MR) is 106 cm³/mol. The quantitative estimate of drug-likeness (QED) is 0.486. The first-order chi connectivity index (χ1) is 13.2. The molecule has 5 nitrogen and oxygen atoms in total. The van der Waals surface area contributed by atoms with E-state index < -0.39 is 5.91 Å². The van der Waals surface area contributed by atoms with Gasteiger partial charge in [0.1, 0.15) is 5.69 Å². The van der Waals surface area contributed by atoms with Gasteiger partial charge in [-0.1, -0.05) is 36.4 Å². The number of hydrogen-bond acceptors (Lipinski definition) is 3. The topological polar surface area (TPSA) is 64.3 Å². The van der Waals surface area contributed by atoms with Crippen molar-refractivity contribution in [2.24, 2.45) is 5.18 Å². The molecule has 2 aromatic carbocycles. The molecule has 2 heterocycles. The number of pyridine rings is 1. The van der Waals surface area contributed by atoms with Crippen molar-refractivity contribution in [1.82, 2.24) is 9.55 Å². The Kier molecular flexibility index (Phi) is 4.34. The fourth-order valence-corrected chi connectivity index (χ4v) is 3.45. The molecule has 0 N–H and O–H groups in total. The Morgan fingerprint density at radius 1 is 1.04 bits per heavy atom. The summed E-state index contributed by atoms with van der Waals surface area (Å²) in [4.78, 5) is 27.2. The van der Waals surface area contributed by atoms with Crippen molar-refractivity contribution < 1.29 is 4.79 Å². The van der Waals surface area contributed by atoms with E-state index in [-0.39, 0.29) is 5.69 Å². The molecule has 1 amide bonds. The molecule has 0 saturated carbocycles. The van der Waals surface area contributed by atoms with Crippen LogP contribution in [0.3, 0.4) is 0 Å². The third kappa shape index (κ3) is 3.04. The van der Waals surface area contributed by atoms with Crippen molar-refractivity contribution in [2.45, 2.75) is 13.5 Å². The van der Waals surface area contributed by atoms with Crippen LogP contribution < -0.4 is 0 Å². The minimum Gasteiger partial charge on any atom is -0.332 e. The van der Waals surface area contributed by atoms with E-state index in [9.17, 15) is 9.70 Å². The van der Waals surface area contributed by atoms with Crippen LogP contribution in [0.2, 0.25) is 0 Å². The minimum atomic E-state index is -0.775. The Morgan fingerprint density at radius 2 is 1.89 bits per heavy atom. The van der Waals surface area contributed by atoms with E-state index in [4.69, 9.17) is 0 Å². The second kappa shape index (κ2) is 6.96. The molecule has 0 aliphatic rings. The van der Waals surface area contributed by atoms with Gasteiger partial charge in [-0.15, -0.1) is 4.91 Å². The molecule has 2 aromatic heterocycles. The number of nitroso groups, excluding NO2 is 1. The molecule has 0 radical (unpaired) electrons. The van der Waals surface area contributed by atoms with Gasteiger partial charge in [0.15, 0.2) is 0 Å². The maximum atomic E-state index is 12.1. The Hall–Kier alpha value is -3.60. The Bertz CT molecular complexity index is 1150. The van der Waals surface area contributed by atoms with E-state index >= 15 is 0 Å². The third-order valence-electron chi connectivity index (χ3n) is 4.83. The molecule has 5 heteroatoms. The van der Waals surface area contributed by atoms with Gasteiger partial charge in [0, 0.05) is 29.7 Å². The molecule has 0 fully saturated rings. The molecule has 0 spiro atoms. The van der Waals surface area contributed by atoms with E-state index in [2.05, 4.69) is 41.4 Å². The Labute approximate surface area is 156 Å². The van der Waals surface area contributed by atoms with Crippen LogP contribution in [0.15, 0.2) is 78.2 Å². The number of carbonyl (C=O) groups is 1. The van der Waals surface area contributed by atoms with Gasteiger partial charge in [0.05, 0.1) is 5.69 Å². The van der Waals surface area contributed by atoms with Crippen molar-refractivity contribution in [3.63, 3.8) is 0 Å². The van der Waals surface area contributed by atoms with Crippen LogP contribution in [0.25, 0.3) is 22.0 Å². The zero-order valence-corrected chi connectivity index (χ0v) is 14.8. The van der Waals surface area contributed by atoms with Gasteiger partial charge < -0.3 is 4.57 Å². The van der Waals surface area contributed by atoms with Crippen LogP contribution in [0.1, 0.15) is 21.6 Å². The van der Waals surface area contributed by atoms with Crippen molar-refractivity contribution in [1.29, 1.82) is 0 Å². The van der Waals surface area contributed by atoms with E-state index in [1.807, 2.05) is 34.9 Å². The van der Waals surface area contributed by atoms with Gasteiger partial charge in [-0.2, -0.15) is 0 Å². The van der Waals surface area contributed by atoms with E-state index in [1.54, 1.807) is 18.5 Å². The lowest BCUT2D eigenvalue weighted by Crippen LogP contribution is -2.11. The van der Waals surface area contributed by atoms with Crippen molar-refractivity contribution >= 4 is 16.7 Å². The number of benzene rings is 2. The first-order valence-corrected chi connectivity index (χ1v) is 8.64. The summed E-state index contributed by atoms with van der Waals surface area (Å²) in [5, 5.41) is 4.89. The van der Waals surface area contributed by atoms with E-state index in [1.165, 1.54) is 0 Å². The maximum Gasteiger partial charge on any atom is 0.333 e. The summed E-state index contributed by atoms with van der Waals surface area (Å²) < 4.78 is 1.84. The lowest BCUT2D eigenvalue weighted by Gasteiger charge is -2.16. The fraction of sp³-hybridized carbons (Fsp3) is 0.0909. The molecule has 0 atom stereocenters. The highest BCUT2D eigenvalue weighted by Crippen LogP contribution is 2.28. The molecular weight excluding hydrogens is 338 g/mol. The number of rotatable bonds is 4. The van der Waals surface area contributed by atoms with E-state index in [0.29, 0.717) is 6.54 Å².